The van der Waals surface area contributed by atoms with Gasteiger partial charge in [0.25, 0.3) is 5.91 Å². The Hall–Kier alpha value is -3.19. The summed E-state index contributed by atoms with van der Waals surface area (Å²) in [5, 5.41) is 9.86. The normalized spacial score (nSPS) is 10.7. The van der Waals surface area contributed by atoms with Crippen LogP contribution in [-0.4, -0.2) is 28.2 Å². The summed E-state index contributed by atoms with van der Waals surface area (Å²) in [4.78, 5) is 16.6. The van der Waals surface area contributed by atoms with Crippen LogP contribution >= 0.6 is 0 Å². The Morgan fingerprint density at radius 2 is 2.15 bits per heavy atom. The molecule has 0 aliphatic carbocycles. The van der Waals surface area contributed by atoms with E-state index in [-0.39, 0.29) is 5.91 Å². The fraction of sp³-hybridized carbons (Fsp3) is 0.211. The van der Waals surface area contributed by atoms with Gasteiger partial charge in [-0.2, -0.15) is 5.10 Å². The summed E-state index contributed by atoms with van der Waals surface area (Å²) in [6.45, 7) is 2.74. The third kappa shape index (κ3) is 4.07. The van der Waals surface area contributed by atoms with Crippen LogP contribution in [0.5, 0.6) is 0 Å². The second kappa shape index (κ2) is 7.79. The number of hydrogen-bond donors (Lipinski definition) is 3. The molecular weight excluding hydrogens is 330 g/mol. The molecule has 4 N–H and O–H groups in total. The predicted molar refractivity (Wildman–Crippen MR) is 99.3 cm³/mol. The van der Waals surface area contributed by atoms with E-state index < -0.39 is 0 Å². The average Bonchev–Trinajstić information content (AvgIpc) is 3.10. The van der Waals surface area contributed by atoms with E-state index in [1.165, 1.54) is 0 Å². The van der Waals surface area contributed by atoms with Crippen LogP contribution in [0.3, 0.4) is 0 Å². The van der Waals surface area contributed by atoms with Crippen molar-refractivity contribution in [1.82, 2.24) is 20.5 Å². The molecule has 3 rings (SSSR count). The van der Waals surface area contributed by atoms with Crippen LogP contribution in [0.15, 0.2) is 42.6 Å². The van der Waals surface area contributed by atoms with E-state index in [4.69, 9.17) is 10.5 Å². The van der Waals surface area contributed by atoms with Crippen LogP contribution in [0, 0.1) is 6.92 Å². The molecule has 2 heterocycles. The van der Waals surface area contributed by atoms with Crippen molar-refractivity contribution in [2.24, 2.45) is 0 Å². The molecule has 0 spiro atoms. The second-order valence-electron chi connectivity index (χ2n) is 6.03. The fourth-order valence-corrected chi connectivity index (χ4v) is 2.64. The molecule has 0 aliphatic heterocycles. The van der Waals surface area contributed by atoms with Gasteiger partial charge in [-0.25, -0.2) is 4.98 Å². The number of aromatic nitrogens is 3. The number of ether oxygens (including phenoxy) is 1. The van der Waals surface area contributed by atoms with E-state index in [1.807, 2.05) is 37.3 Å². The first-order valence-corrected chi connectivity index (χ1v) is 8.19. The molecule has 0 saturated carbocycles. The zero-order valence-corrected chi connectivity index (χ0v) is 14.7. The Morgan fingerprint density at radius 3 is 2.96 bits per heavy atom. The lowest BCUT2D eigenvalue weighted by atomic mass is 10.0. The van der Waals surface area contributed by atoms with Gasteiger partial charge in [-0.15, -0.1) is 0 Å². The van der Waals surface area contributed by atoms with Gasteiger partial charge in [0.2, 0.25) is 0 Å². The lowest BCUT2D eigenvalue weighted by Gasteiger charge is -2.09. The van der Waals surface area contributed by atoms with Crippen LogP contribution in [-0.2, 0) is 17.9 Å². The molecule has 0 unspecified atom stereocenters. The number of nitrogens with zero attached hydrogens (tertiary/aromatic N) is 2. The topological polar surface area (TPSA) is 106 Å². The van der Waals surface area contributed by atoms with E-state index in [0.717, 1.165) is 28.1 Å². The van der Waals surface area contributed by atoms with Crippen molar-refractivity contribution in [3.05, 3.63) is 65.1 Å². The number of benzene rings is 1. The van der Waals surface area contributed by atoms with Crippen LogP contribution < -0.4 is 11.1 Å². The summed E-state index contributed by atoms with van der Waals surface area (Å²) in [6.07, 6.45) is 1.72. The second-order valence-corrected chi connectivity index (χ2v) is 6.03. The Bertz CT molecular complexity index is 920. The lowest BCUT2D eigenvalue weighted by Crippen LogP contribution is -2.23. The molecule has 1 aromatic carbocycles. The van der Waals surface area contributed by atoms with Crippen LogP contribution in [0.2, 0.25) is 0 Å². The third-order valence-corrected chi connectivity index (χ3v) is 3.91. The van der Waals surface area contributed by atoms with Crippen molar-refractivity contribution in [3.63, 3.8) is 0 Å². The largest absolute Gasteiger partial charge is 0.383 e. The monoisotopic (exact) mass is 351 g/mol. The minimum Gasteiger partial charge on any atom is -0.383 e. The summed E-state index contributed by atoms with van der Waals surface area (Å²) in [7, 11) is 1.61. The number of carbonyl (C=O) groups excluding carboxylic acids is 1. The highest BCUT2D eigenvalue weighted by Gasteiger charge is 2.10. The maximum atomic E-state index is 12.5. The Kier molecular flexibility index (Phi) is 5.28. The molecule has 0 radical (unpaired) electrons. The smallest absolute Gasteiger partial charge is 0.251 e. The van der Waals surface area contributed by atoms with Crippen LogP contribution in [0.25, 0.3) is 11.1 Å². The summed E-state index contributed by atoms with van der Waals surface area (Å²) in [6, 6.07) is 11.1. The number of amides is 1. The van der Waals surface area contributed by atoms with Crippen LogP contribution in [0.1, 0.15) is 27.3 Å². The maximum absolute atomic E-state index is 12.5. The number of H-pyrrole nitrogens is 1. The molecule has 26 heavy (non-hydrogen) atoms. The lowest BCUT2D eigenvalue weighted by molar-refractivity contribution is 0.0950. The van der Waals surface area contributed by atoms with Gasteiger partial charge in [0.15, 0.2) is 0 Å². The fourth-order valence-electron chi connectivity index (χ4n) is 2.64. The Balaban J connectivity index is 1.72. The molecular formula is C19H21N5O2. The minimum atomic E-state index is -0.172. The minimum absolute atomic E-state index is 0.172. The number of nitrogens with two attached hydrogens (primary N) is 1. The summed E-state index contributed by atoms with van der Waals surface area (Å²) < 4.78 is 5.02. The van der Waals surface area contributed by atoms with E-state index in [1.54, 1.807) is 19.4 Å². The highest BCUT2D eigenvalue weighted by atomic mass is 16.5. The SMILES string of the molecule is COCc1cc(CNC(=O)c2cccc(-c3cc(C)cnc3N)c2)[nH]n1. The van der Waals surface area contributed by atoms with Crippen molar-refractivity contribution in [1.29, 1.82) is 0 Å². The standard InChI is InChI=1S/C19H21N5O2/c1-12-6-17(18(20)21-9-12)13-4-3-5-14(7-13)19(25)22-10-15-8-16(11-26-2)24-23-15/h3-9H,10-11H2,1-2H3,(H2,20,21)(H,22,25)(H,23,24). The quantitative estimate of drug-likeness (QED) is 0.632. The van der Waals surface area contributed by atoms with Crippen molar-refractivity contribution >= 4 is 11.7 Å². The van der Waals surface area contributed by atoms with Gasteiger partial charge in [-0.3, -0.25) is 9.89 Å². The number of carbonyl (C=O) groups is 1. The van der Waals surface area contributed by atoms with Crippen molar-refractivity contribution in [3.8, 4) is 11.1 Å². The van der Waals surface area contributed by atoms with Gasteiger partial charge in [-0.1, -0.05) is 12.1 Å². The number of nitrogens with one attached hydrogen (secondary N) is 2. The van der Waals surface area contributed by atoms with Gasteiger partial charge in [0.1, 0.15) is 5.82 Å². The first kappa shape index (κ1) is 17.6. The first-order chi connectivity index (χ1) is 12.6. The molecule has 0 bridgehead atoms. The maximum Gasteiger partial charge on any atom is 0.251 e. The van der Waals surface area contributed by atoms with Crippen molar-refractivity contribution in [2.45, 2.75) is 20.1 Å². The van der Waals surface area contributed by atoms with E-state index >= 15 is 0 Å². The number of nitrogen functional groups attached to an aromatic ring is 1. The van der Waals surface area contributed by atoms with Crippen molar-refractivity contribution in [2.75, 3.05) is 12.8 Å². The third-order valence-electron chi connectivity index (χ3n) is 3.91. The van der Waals surface area contributed by atoms with Crippen LogP contribution in [0.4, 0.5) is 5.82 Å². The number of hydrogen-bond acceptors (Lipinski definition) is 5. The predicted octanol–water partition coefficient (Wildman–Crippen LogP) is 2.44. The van der Waals surface area contributed by atoms with E-state index in [9.17, 15) is 4.79 Å². The molecule has 7 heteroatoms. The number of anilines is 1. The molecule has 0 fully saturated rings. The molecule has 0 atom stereocenters. The van der Waals surface area contributed by atoms with E-state index in [2.05, 4.69) is 20.5 Å². The van der Waals surface area contributed by atoms with Crippen molar-refractivity contribution < 1.29 is 9.53 Å². The summed E-state index contributed by atoms with van der Waals surface area (Å²) in [5.41, 5.74) is 10.8. The highest BCUT2D eigenvalue weighted by molar-refractivity contribution is 5.95. The van der Waals surface area contributed by atoms with Gasteiger partial charge in [0.05, 0.1) is 24.5 Å². The highest BCUT2D eigenvalue weighted by Crippen LogP contribution is 2.25. The zero-order valence-electron chi connectivity index (χ0n) is 14.7. The number of aromatic amines is 1. The molecule has 7 nitrogen and oxygen atoms in total. The Labute approximate surface area is 151 Å². The summed E-state index contributed by atoms with van der Waals surface area (Å²) >= 11 is 0. The first-order valence-electron chi connectivity index (χ1n) is 8.19. The Morgan fingerprint density at radius 1 is 1.31 bits per heavy atom. The average molecular weight is 351 g/mol. The van der Waals surface area contributed by atoms with Gasteiger partial charge < -0.3 is 15.8 Å². The molecule has 0 aliphatic rings. The van der Waals surface area contributed by atoms with Gasteiger partial charge in [-0.05, 0) is 42.3 Å². The number of aryl methyl sites for hydroxylation is 1. The summed E-state index contributed by atoms with van der Waals surface area (Å²) in [5.74, 6) is 0.269. The number of methoxy groups -OCH3 is 1. The molecule has 134 valence electrons. The zero-order chi connectivity index (χ0) is 18.5. The molecule has 1 amide bonds. The molecule has 0 saturated heterocycles. The van der Waals surface area contributed by atoms with Gasteiger partial charge in [0, 0.05) is 24.4 Å². The molecule has 2 aromatic heterocycles. The number of pyridine rings is 1. The number of rotatable bonds is 6. The van der Waals surface area contributed by atoms with E-state index in [0.29, 0.717) is 24.5 Å². The molecule has 3 aromatic rings. The van der Waals surface area contributed by atoms with Gasteiger partial charge >= 0.3 is 0 Å².